The van der Waals surface area contributed by atoms with E-state index in [0.717, 1.165) is 27.7 Å². The van der Waals surface area contributed by atoms with Gasteiger partial charge in [-0.25, -0.2) is 9.78 Å². The van der Waals surface area contributed by atoms with Crippen molar-refractivity contribution in [1.29, 1.82) is 0 Å². The summed E-state index contributed by atoms with van der Waals surface area (Å²) in [6.45, 7) is 2.10. The minimum atomic E-state index is -0.487. The van der Waals surface area contributed by atoms with Crippen molar-refractivity contribution in [1.82, 2.24) is 9.38 Å². The molecule has 0 atom stereocenters. The first kappa shape index (κ1) is 14.7. The second-order valence-electron chi connectivity index (χ2n) is 5.48. The minimum Gasteiger partial charge on any atom is -0.453 e. The van der Waals surface area contributed by atoms with Crippen LogP contribution in [-0.4, -0.2) is 22.6 Å². The summed E-state index contributed by atoms with van der Waals surface area (Å²) in [5, 5.41) is 6.81. The van der Waals surface area contributed by atoms with E-state index < -0.39 is 6.09 Å². The molecule has 4 aromatic rings. The van der Waals surface area contributed by atoms with Crippen molar-refractivity contribution in [3.8, 4) is 11.3 Å². The number of imidazole rings is 1. The molecule has 4 rings (SSSR count). The third-order valence-electron chi connectivity index (χ3n) is 4.01. The second kappa shape index (κ2) is 5.65. The van der Waals surface area contributed by atoms with Crippen LogP contribution < -0.4 is 5.32 Å². The topological polar surface area (TPSA) is 55.6 Å². The van der Waals surface area contributed by atoms with Crippen LogP contribution in [0.2, 0.25) is 0 Å². The summed E-state index contributed by atoms with van der Waals surface area (Å²) < 4.78 is 6.66. The van der Waals surface area contributed by atoms with E-state index in [9.17, 15) is 4.79 Å². The fourth-order valence-corrected chi connectivity index (χ4v) is 3.50. The van der Waals surface area contributed by atoms with Crippen LogP contribution in [0.3, 0.4) is 0 Å². The molecule has 3 aromatic heterocycles. The third-order valence-corrected chi connectivity index (χ3v) is 4.85. The summed E-state index contributed by atoms with van der Waals surface area (Å²) in [6.07, 6.45) is 3.55. The van der Waals surface area contributed by atoms with Crippen LogP contribution in [0, 0.1) is 6.92 Å². The van der Waals surface area contributed by atoms with E-state index in [4.69, 9.17) is 4.98 Å². The Morgan fingerprint density at radius 3 is 2.92 bits per heavy atom. The van der Waals surface area contributed by atoms with E-state index in [1.807, 2.05) is 41.1 Å². The lowest BCUT2D eigenvalue weighted by Crippen LogP contribution is -2.10. The number of amides is 1. The number of carbonyl (C=O) groups excluding carboxylic acids is 1. The van der Waals surface area contributed by atoms with E-state index in [1.54, 1.807) is 11.3 Å². The highest BCUT2D eigenvalue weighted by molar-refractivity contribution is 7.10. The standard InChI is InChI=1S/C18H15N3O2S/c1-11-14(6-8-24-11)16-10-21-7-5-12-3-4-13(19-18(22)23-2)9-15(12)17(21)20-16/h3-10H,1-2H3,(H,19,22). The predicted molar refractivity (Wildman–Crippen MR) is 96.8 cm³/mol. The lowest BCUT2D eigenvalue weighted by Gasteiger charge is -2.06. The monoisotopic (exact) mass is 337 g/mol. The molecule has 0 aliphatic carbocycles. The van der Waals surface area contributed by atoms with Gasteiger partial charge in [0.25, 0.3) is 0 Å². The first-order valence-electron chi connectivity index (χ1n) is 7.46. The Balaban J connectivity index is 1.89. The largest absolute Gasteiger partial charge is 0.453 e. The molecule has 1 amide bonds. The molecule has 0 saturated carbocycles. The molecular weight excluding hydrogens is 322 g/mol. The molecule has 6 heteroatoms. The number of hydrogen-bond acceptors (Lipinski definition) is 4. The van der Waals surface area contributed by atoms with E-state index in [1.165, 1.54) is 12.0 Å². The Hall–Kier alpha value is -2.86. The van der Waals surface area contributed by atoms with Gasteiger partial charge in [-0.05, 0) is 42.0 Å². The Bertz CT molecular complexity index is 1060. The van der Waals surface area contributed by atoms with Gasteiger partial charge in [0.1, 0.15) is 5.65 Å². The zero-order valence-corrected chi connectivity index (χ0v) is 14.1. The number of methoxy groups -OCH3 is 1. The molecule has 0 saturated heterocycles. The van der Waals surface area contributed by atoms with Gasteiger partial charge in [-0.2, -0.15) is 0 Å². The summed E-state index contributed by atoms with van der Waals surface area (Å²) in [4.78, 5) is 17.5. The number of fused-ring (bicyclic) bond motifs is 3. The molecule has 3 heterocycles. The number of benzene rings is 1. The molecule has 0 bridgehead atoms. The lowest BCUT2D eigenvalue weighted by atomic mass is 10.1. The number of pyridine rings is 1. The van der Waals surface area contributed by atoms with Gasteiger partial charge in [-0.15, -0.1) is 11.3 Å². The van der Waals surface area contributed by atoms with Crippen LogP contribution in [0.5, 0.6) is 0 Å². The molecule has 1 N–H and O–H groups in total. The van der Waals surface area contributed by atoms with Gasteiger partial charge in [0.2, 0.25) is 0 Å². The van der Waals surface area contributed by atoms with Gasteiger partial charge < -0.3 is 9.14 Å². The number of ether oxygens (including phenoxy) is 1. The highest BCUT2D eigenvalue weighted by Crippen LogP contribution is 2.30. The van der Waals surface area contributed by atoms with Gasteiger partial charge in [0, 0.05) is 33.9 Å². The van der Waals surface area contributed by atoms with E-state index in [0.29, 0.717) is 5.69 Å². The maximum atomic E-state index is 11.4. The molecule has 24 heavy (non-hydrogen) atoms. The highest BCUT2D eigenvalue weighted by Gasteiger charge is 2.11. The van der Waals surface area contributed by atoms with Crippen LogP contribution in [0.25, 0.3) is 27.7 Å². The Morgan fingerprint density at radius 1 is 1.29 bits per heavy atom. The van der Waals surface area contributed by atoms with E-state index in [2.05, 4.69) is 28.4 Å². The summed E-state index contributed by atoms with van der Waals surface area (Å²) in [6, 6.07) is 9.86. The number of aryl methyl sites for hydroxylation is 1. The number of nitrogens with one attached hydrogen (secondary N) is 1. The van der Waals surface area contributed by atoms with Crippen LogP contribution >= 0.6 is 11.3 Å². The summed E-state index contributed by atoms with van der Waals surface area (Å²) in [7, 11) is 1.35. The highest BCUT2D eigenvalue weighted by atomic mass is 32.1. The Labute approximate surface area is 142 Å². The van der Waals surface area contributed by atoms with Crippen molar-refractivity contribution >= 4 is 39.5 Å². The molecule has 1 aromatic carbocycles. The zero-order valence-electron chi connectivity index (χ0n) is 13.2. The van der Waals surface area contributed by atoms with Crippen molar-refractivity contribution in [3.05, 3.63) is 53.0 Å². The minimum absolute atomic E-state index is 0.487. The summed E-state index contributed by atoms with van der Waals surface area (Å²) >= 11 is 1.71. The molecular formula is C18H15N3O2S. The van der Waals surface area contributed by atoms with Crippen molar-refractivity contribution in [2.75, 3.05) is 12.4 Å². The normalized spacial score (nSPS) is 11.1. The first-order valence-corrected chi connectivity index (χ1v) is 8.34. The molecule has 0 aliphatic rings. The van der Waals surface area contributed by atoms with Crippen molar-refractivity contribution in [3.63, 3.8) is 0 Å². The van der Waals surface area contributed by atoms with Gasteiger partial charge in [-0.3, -0.25) is 5.32 Å². The number of rotatable bonds is 2. The van der Waals surface area contributed by atoms with Gasteiger partial charge in [-0.1, -0.05) is 6.07 Å². The molecule has 0 spiro atoms. The fraction of sp³-hybridized carbons (Fsp3) is 0.111. The Morgan fingerprint density at radius 2 is 2.17 bits per heavy atom. The van der Waals surface area contributed by atoms with Crippen molar-refractivity contribution < 1.29 is 9.53 Å². The maximum Gasteiger partial charge on any atom is 0.411 e. The molecule has 0 fully saturated rings. The molecule has 0 aliphatic heterocycles. The smallest absolute Gasteiger partial charge is 0.411 e. The molecule has 0 unspecified atom stereocenters. The average Bonchev–Trinajstić information content (AvgIpc) is 3.20. The zero-order chi connectivity index (χ0) is 16.7. The second-order valence-corrected chi connectivity index (χ2v) is 6.60. The number of carbonyl (C=O) groups is 1. The molecule has 0 radical (unpaired) electrons. The molecule has 120 valence electrons. The van der Waals surface area contributed by atoms with Crippen LogP contribution in [-0.2, 0) is 4.74 Å². The number of anilines is 1. The Kier molecular flexibility index (Phi) is 3.46. The van der Waals surface area contributed by atoms with Crippen LogP contribution in [0.15, 0.2) is 48.1 Å². The predicted octanol–water partition coefficient (Wildman–Crippen LogP) is 4.70. The third kappa shape index (κ3) is 2.41. The van der Waals surface area contributed by atoms with E-state index in [-0.39, 0.29) is 0 Å². The summed E-state index contributed by atoms with van der Waals surface area (Å²) in [5.41, 5.74) is 3.65. The van der Waals surface area contributed by atoms with E-state index >= 15 is 0 Å². The number of nitrogens with zero attached hydrogens (tertiary/aromatic N) is 2. The fourth-order valence-electron chi connectivity index (χ4n) is 2.79. The SMILES string of the molecule is COC(=O)Nc1ccc2ccn3cc(-c4ccsc4C)nc3c2c1. The number of thiophene rings is 1. The van der Waals surface area contributed by atoms with Crippen molar-refractivity contribution in [2.45, 2.75) is 6.92 Å². The first-order chi connectivity index (χ1) is 11.7. The molecule has 5 nitrogen and oxygen atoms in total. The van der Waals surface area contributed by atoms with Gasteiger partial charge in [0.05, 0.1) is 12.8 Å². The lowest BCUT2D eigenvalue weighted by molar-refractivity contribution is 0.187. The number of aromatic nitrogens is 2. The quantitative estimate of drug-likeness (QED) is 0.577. The van der Waals surface area contributed by atoms with Gasteiger partial charge >= 0.3 is 6.09 Å². The van der Waals surface area contributed by atoms with Crippen molar-refractivity contribution in [2.24, 2.45) is 0 Å². The van der Waals surface area contributed by atoms with Crippen LogP contribution in [0.1, 0.15) is 4.88 Å². The maximum absolute atomic E-state index is 11.4. The number of hydrogen-bond donors (Lipinski definition) is 1. The average molecular weight is 337 g/mol. The summed E-state index contributed by atoms with van der Waals surface area (Å²) in [5.74, 6) is 0. The van der Waals surface area contributed by atoms with Crippen LogP contribution in [0.4, 0.5) is 10.5 Å². The van der Waals surface area contributed by atoms with Gasteiger partial charge in [0.15, 0.2) is 0 Å².